The molecule has 0 aromatic rings. The third-order valence-electron chi connectivity index (χ3n) is 19.6. The molecule has 0 rings (SSSR count). The number of aliphatic hydroxyl groups is 1. The highest BCUT2D eigenvalue weighted by atomic mass is 31.2. The molecule has 0 saturated heterocycles. The molecule has 0 amide bonds. The van der Waals surface area contributed by atoms with Gasteiger partial charge >= 0.3 is 39.5 Å². The Hall–Kier alpha value is -1.94. The maximum atomic E-state index is 13.1. The lowest BCUT2D eigenvalue weighted by molar-refractivity contribution is -0.161. The van der Waals surface area contributed by atoms with Gasteiger partial charge in [0, 0.05) is 25.7 Å². The Kier molecular flexibility index (Phi) is 73.5. The van der Waals surface area contributed by atoms with Crippen molar-refractivity contribution in [3.05, 3.63) is 0 Å². The summed E-state index contributed by atoms with van der Waals surface area (Å²) in [7, 11) is -9.92. The Bertz CT molecular complexity index is 1930. The summed E-state index contributed by atoms with van der Waals surface area (Å²) in [5, 5.41) is 10.6. The van der Waals surface area contributed by atoms with Crippen LogP contribution in [0.3, 0.4) is 0 Å². The number of esters is 4. The molecule has 600 valence electrons. The fourth-order valence-electron chi connectivity index (χ4n) is 12.7. The summed E-state index contributed by atoms with van der Waals surface area (Å²) < 4.78 is 68.8. The van der Waals surface area contributed by atoms with Crippen molar-refractivity contribution in [2.24, 2.45) is 5.92 Å². The predicted molar refractivity (Wildman–Crippen MR) is 414 cm³/mol. The Balaban J connectivity index is 5.23. The third kappa shape index (κ3) is 74.7. The third-order valence-corrected chi connectivity index (χ3v) is 21.5. The molecule has 0 bridgehead atoms. The van der Waals surface area contributed by atoms with Gasteiger partial charge in [0.15, 0.2) is 12.2 Å². The average molecular weight is 1480 g/mol. The number of rotatable bonds is 82. The number of phosphoric acid groups is 2. The van der Waals surface area contributed by atoms with Crippen molar-refractivity contribution in [2.75, 3.05) is 39.6 Å². The first-order valence-corrected chi connectivity index (χ1v) is 45.7. The lowest BCUT2D eigenvalue weighted by Crippen LogP contribution is -2.30. The van der Waals surface area contributed by atoms with E-state index >= 15 is 0 Å². The molecule has 0 heterocycles. The summed E-state index contributed by atoms with van der Waals surface area (Å²) in [4.78, 5) is 73.1. The molecule has 19 heteroatoms. The fraction of sp³-hybridized carbons (Fsp3) is 0.951. The van der Waals surface area contributed by atoms with Gasteiger partial charge in [-0.05, 0) is 31.6 Å². The predicted octanol–water partition coefficient (Wildman–Crippen LogP) is 24.8. The summed E-state index contributed by atoms with van der Waals surface area (Å²) in [5.74, 6) is -1.37. The summed E-state index contributed by atoms with van der Waals surface area (Å²) in [5.41, 5.74) is 0. The van der Waals surface area contributed by atoms with Crippen molar-refractivity contribution in [2.45, 2.75) is 457 Å². The molecule has 3 unspecified atom stereocenters. The highest BCUT2D eigenvalue weighted by Crippen LogP contribution is 2.45. The molecule has 17 nitrogen and oxygen atoms in total. The Morgan fingerprint density at radius 2 is 0.475 bits per heavy atom. The van der Waals surface area contributed by atoms with E-state index < -0.39 is 97.5 Å². The SMILES string of the molecule is CCCCCCCCCCCCCCCCCCCCCCC(=O)O[C@H](COC(=O)CCCCCCCCCCCCCCCCCC)COP(=O)(O)OC[C@@H](O)COP(=O)(O)OC[C@@H](COC(=O)CCCCCCCCC(C)CC)OC(=O)CCCCCCCCCCCCCCCCC. The largest absolute Gasteiger partial charge is 0.472 e. The van der Waals surface area contributed by atoms with Crippen LogP contribution in [0.5, 0.6) is 0 Å². The maximum absolute atomic E-state index is 13.1. The molecule has 0 saturated carbocycles. The van der Waals surface area contributed by atoms with Crippen LogP contribution in [0.4, 0.5) is 0 Å². The van der Waals surface area contributed by atoms with Gasteiger partial charge in [-0.3, -0.25) is 37.3 Å². The summed E-state index contributed by atoms with van der Waals surface area (Å²) in [6.45, 7) is 7.30. The minimum Gasteiger partial charge on any atom is -0.462 e. The van der Waals surface area contributed by atoms with Crippen molar-refractivity contribution in [3.8, 4) is 0 Å². The molecule has 0 aromatic carbocycles. The highest BCUT2D eigenvalue weighted by Gasteiger charge is 2.30. The number of hydrogen-bond donors (Lipinski definition) is 3. The molecule has 0 fully saturated rings. The first-order chi connectivity index (χ1) is 49.1. The number of ether oxygens (including phenoxy) is 4. The van der Waals surface area contributed by atoms with Crippen LogP contribution in [0.15, 0.2) is 0 Å². The number of hydrogen-bond acceptors (Lipinski definition) is 15. The molecule has 0 aliphatic carbocycles. The molecule has 0 aliphatic rings. The van der Waals surface area contributed by atoms with Crippen LogP contribution < -0.4 is 0 Å². The van der Waals surface area contributed by atoms with Crippen LogP contribution in [-0.2, 0) is 65.4 Å². The van der Waals surface area contributed by atoms with E-state index in [1.54, 1.807) is 0 Å². The van der Waals surface area contributed by atoms with Crippen molar-refractivity contribution in [1.82, 2.24) is 0 Å². The number of unbranched alkanes of at least 4 members (excludes halogenated alkanes) is 53. The quantitative estimate of drug-likeness (QED) is 0.0222. The van der Waals surface area contributed by atoms with Crippen LogP contribution in [0.25, 0.3) is 0 Å². The van der Waals surface area contributed by atoms with E-state index in [1.165, 1.54) is 257 Å². The first-order valence-electron chi connectivity index (χ1n) is 42.7. The molecule has 0 aliphatic heterocycles. The van der Waals surface area contributed by atoms with Gasteiger partial charge in [-0.25, -0.2) is 9.13 Å². The Morgan fingerprint density at radius 3 is 0.703 bits per heavy atom. The topological polar surface area (TPSA) is 237 Å². The fourth-order valence-corrected chi connectivity index (χ4v) is 14.3. The van der Waals surface area contributed by atoms with E-state index in [0.29, 0.717) is 25.7 Å². The smallest absolute Gasteiger partial charge is 0.462 e. The van der Waals surface area contributed by atoms with E-state index in [2.05, 4.69) is 34.6 Å². The molecule has 101 heavy (non-hydrogen) atoms. The number of aliphatic hydroxyl groups excluding tert-OH is 1. The van der Waals surface area contributed by atoms with Gasteiger partial charge in [-0.15, -0.1) is 0 Å². The van der Waals surface area contributed by atoms with E-state index in [-0.39, 0.29) is 25.7 Å². The highest BCUT2D eigenvalue weighted by molar-refractivity contribution is 7.47. The average Bonchev–Trinajstić information content (AvgIpc) is 0.973. The minimum atomic E-state index is -4.96. The first kappa shape index (κ1) is 99.1. The summed E-state index contributed by atoms with van der Waals surface area (Å²) >= 11 is 0. The Morgan fingerprint density at radius 1 is 0.277 bits per heavy atom. The number of carbonyl (C=O) groups excluding carboxylic acids is 4. The van der Waals surface area contributed by atoms with Crippen molar-refractivity contribution in [1.29, 1.82) is 0 Å². The van der Waals surface area contributed by atoms with E-state index in [9.17, 15) is 43.2 Å². The number of phosphoric ester groups is 2. The minimum absolute atomic E-state index is 0.108. The lowest BCUT2D eigenvalue weighted by atomic mass is 10.00. The molecular formula is C82H160O17P2. The second-order valence-electron chi connectivity index (χ2n) is 29.8. The van der Waals surface area contributed by atoms with Crippen molar-refractivity contribution >= 4 is 39.5 Å². The zero-order valence-electron chi connectivity index (χ0n) is 66.1. The number of carbonyl (C=O) groups is 4. The molecular weight excluding hydrogens is 1320 g/mol. The zero-order valence-corrected chi connectivity index (χ0v) is 67.8. The molecule has 3 N–H and O–H groups in total. The Labute approximate surface area is 619 Å². The molecule has 6 atom stereocenters. The van der Waals surface area contributed by atoms with Gasteiger partial charge < -0.3 is 33.8 Å². The van der Waals surface area contributed by atoms with Crippen LogP contribution >= 0.6 is 15.6 Å². The summed E-state index contributed by atoms with van der Waals surface area (Å²) in [6, 6.07) is 0. The lowest BCUT2D eigenvalue weighted by Gasteiger charge is -2.21. The van der Waals surface area contributed by atoms with Gasteiger partial charge in [0.2, 0.25) is 0 Å². The van der Waals surface area contributed by atoms with Crippen LogP contribution in [-0.4, -0.2) is 96.7 Å². The van der Waals surface area contributed by atoms with Crippen molar-refractivity contribution in [3.63, 3.8) is 0 Å². The van der Waals surface area contributed by atoms with Crippen molar-refractivity contribution < 1.29 is 80.2 Å². The van der Waals surface area contributed by atoms with Crippen LogP contribution in [0.2, 0.25) is 0 Å². The normalized spacial score (nSPS) is 14.1. The molecule has 0 aromatic heterocycles. The maximum Gasteiger partial charge on any atom is 0.472 e. The molecule has 0 spiro atoms. The van der Waals surface area contributed by atoms with Gasteiger partial charge in [-0.2, -0.15) is 0 Å². The van der Waals surface area contributed by atoms with Gasteiger partial charge in [0.25, 0.3) is 0 Å². The van der Waals surface area contributed by atoms with E-state index in [1.807, 2.05) is 0 Å². The van der Waals surface area contributed by atoms with Gasteiger partial charge in [0.1, 0.15) is 19.3 Å². The van der Waals surface area contributed by atoms with Gasteiger partial charge in [-0.1, -0.05) is 388 Å². The van der Waals surface area contributed by atoms with Gasteiger partial charge in [0.05, 0.1) is 26.4 Å². The van der Waals surface area contributed by atoms with Crippen LogP contribution in [0.1, 0.15) is 439 Å². The molecule has 0 radical (unpaired) electrons. The monoisotopic (exact) mass is 1480 g/mol. The van der Waals surface area contributed by atoms with E-state index in [4.69, 9.17) is 37.0 Å². The zero-order chi connectivity index (χ0) is 74.1. The second kappa shape index (κ2) is 74.9. The van der Waals surface area contributed by atoms with Crippen LogP contribution in [0, 0.1) is 5.92 Å². The summed E-state index contributed by atoms with van der Waals surface area (Å²) in [6.07, 6.45) is 66.6. The van der Waals surface area contributed by atoms with E-state index in [0.717, 1.165) is 102 Å². The standard InChI is InChI=1S/C82H160O17P2/c1-6-10-13-16-19-22-25-28-31-33-34-35-36-39-42-45-48-51-58-63-67-81(86)98-77(71-92-79(84)65-60-55-49-46-43-40-38-32-29-26-23-20-17-14-11-7-2)73-96-100(88,89)94-69-76(83)70-95-101(90,91)97-74-78(72-93-80(85)66-61-56-53-52-54-59-64-75(5)9-4)99-82(87)68-62-57-50-47-44-41-37-30-27-24-21-18-15-12-8-3/h75-78,83H,6-74H2,1-5H3,(H,88,89)(H,90,91)/t75?,76-,77-,78-/m1/s1. The second-order valence-corrected chi connectivity index (χ2v) is 32.7.